The van der Waals surface area contributed by atoms with Crippen molar-refractivity contribution in [3.63, 3.8) is 0 Å². The number of halogens is 1. The number of nitrogens with one attached hydrogen (secondary N) is 2. The molecule has 180 valence electrons. The molecule has 1 aromatic heterocycles. The molecule has 2 N–H and O–H groups in total. The fourth-order valence-electron chi connectivity index (χ4n) is 3.80. The molecule has 0 unspecified atom stereocenters. The average molecular weight is 501 g/mol. The van der Waals surface area contributed by atoms with Crippen LogP contribution in [0.25, 0.3) is 6.08 Å². The van der Waals surface area contributed by atoms with Crippen molar-refractivity contribution in [2.75, 3.05) is 17.2 Å². The van der Waals surface area contributed by atoms with E-state index in [1.807, 2.05) is 6.07 Å². The summed E-state index contributed by atoms with van der Waals surface area (Å²) in [6.07, 6.45) is 5.25. The molecule has 0 bridgehead atoms. The average Bonchev–Trinajstić information content (AvgIpc) is 3.24. The van der Waals surface area contributed by atoms with E-state index in [2.05, 4.69) is 16.7 Å². The number of benzene rings is 2. The highest BCUT2D eigenvalue weighted by Crippen LogP contribution is 2.37. The number of fused-ring (bicyclic) bond motifs is 1. The first-order chi connectivity index (χ1) is 17.5. The first-order valence-corrected chi connectivity index (χ1v) is 12.0. The lowest BCUT2D eigenvalue weighted by Crippen LogP contribution is -2.20. The molecule has 0 atom stereocenters. The van der Waals surface area contributed by atoms with Gasteiger partial charge in [-0.25, -0.2) is 4.39 Å². The third kappa shape index (κ3) is 5.96. The highest BCUT2D eigenvalue weighted by atomic mass is 32.1. The Balaban J connectivity index is 1.37. The van der Waals surface area contributed by atoms with Crippen LogP contribution in [-0.2, 0) is 22.4 Å². The van der Waals surface area contributed by atoms with Crippen LogP contribution in [0.15, 0.2) is 54.1 Å². The van der Waals surface area contributed by atoms with E-state index in [-0.39, 0.29) is 12.2 Å². The number of carbonyl (C=O) groups is 2. The molecule has 1 aliphatic rings. The maximum absolute atomic E-state index is 13.0. The van der Waals surface area contributed by atoms with Gasteiger partial charge in [-0.05, 0) is 79.3 Å². The zero-order valence-corrected chi connectivity index (χ0v) is 20.0. The summed E-state index contributed by atoms with van der Waals surface area (Å²) in [4.78, 5) is 25.9. The number of hydrogen-bond acceptors (Lipinski definition) is 6. The van der Waals surface area contributed by atoms with Crippen molar-refractivity contribution < 1.29 is 18.7 Å². The van der Waals surface area contributed by atoms with Gasteiger partial charge in [0.2, 0.25) is 0 Å². The SMILES string of the molecule is N#C/C(=C\c1ccc(OCC(=O)Nc2ccc(F)cc2)cc1)C(=O)Nc1sc2c(c1C#N)CCCC2. The fraction of sp³-hybridized carbons (Fsp3) is 0.185. The van der Waals surface area contributed by atoms with E-state index in [1.165, 1.54) is 41.7 Å². The lowest BCUT2D eigenvalue weighted by atomic mass is 9.96. The number of anilines is 2. The summed E-state index contributed by atoms with van der Waals surface area (Å²) >= 11 is 1.40. The van der Waals surface area contributed by atoms with Crippen molar-refractivity contribution >= 4 is 39.9 Å². The summed E-state index contributed by atoms with van der Waals surface area (Å²) in [6.45, 7) is -0.246. The van der Waals surface area contributed by atoms with E-state index >= 15 is 0 Å². The molecule has 0 fully saturated rings. The molecule has 0 spiro atoms. The van der Waals surface area contributed by atoms with Crippen LogP contribution in [0.3, 0.4) is 0 Å². The zero-order chi connectivity index (χ0) is 25.5. The highest BCUT2D eigenvalue weighted by molar-refractivity contribution is 7.16. The molecular formula is C27H21FN4O3S. The Bertz CT molecular complexity index is 1400. The number of nitriles is 2. The van der Waals surface area contributed by atoms with Gasteiger partial charge in [0.15, 0.2) is 6.61 Å². The first-order valence-electron chi connectivity index (χ1n) is 11.2. The monoisotopic (exact) mass is 500 g/mol. The smallest absolute Gasteiger partial charge is 0.266 e. The van der Waals surface area contributed by atoms with Gasteiger partial charge >= 0.3 is 0 Å². The largest absolute Gasteiger partial charge is 0.484 e. The van der Waals surface area contributed by atoms with E-state index < -0.39 is 17.6 Å². The Morgan fingerprint density at radius 3 is 2.44 bits per heavy atom. The maximum atomic E-state index is 13.0. The molecule has 0 aliphatic heterocycles. The summed E-state index contributed by atoms with van der Waals surface area (Å²) in [5.41, 5.74) is 2.45. The molecule has 7 nitrogen and oxygen atoms in total. The Labute approximate surface area is 211 Å². The van der Waals surface area contributed by atoms with Gasteiger partial charge in [0.25, 0.3) is 11.8 Å². The maximum Gasteiger partial charge on any atom is 0.266 e. The molecular weight excluding hydrogens is 479 g/mol. The molecule has 4 rings (SSSR count). The van der Waals surface area contributed by atoms with Gasteiger partial charge in [0.1, 0.15) is 34.3 Å². The minimum Gasteiger partial charge on any atom is -0.484 e. The van der Waals surface area contributed by atoms with Crippen molar-refractivity contribution in [1.82, 2.24) is 0 Å². The topological polar surface area (TPSA) is 115 Å². The van der Waals surface area contributed by atoms with Crippen LogP contribution in [0, 0.1) is 28.5 Å². The van der Waals surface area contributed by atoms with Crippen LogP contribution < -0.4 is 15.4 Å². The van der Waals surface area contributed by atoms with E-state index in [9.17, 15) is 24.5 Å². The number of hydrogen-bond donors (Lipinski definition) is 2. The lowest BCUT2D eigenvalue weighted by Gasteiger charge is -2.09. The van der Waals surface area contributed by atoms with E-state index in [4.69, 9.17) is 4.74 Å². The predicted molar refractivity (Wildman–Crippen MR) is 135 cm³/mol. The van der Waals surface area contributed by atoms with E-state index in [0.717, 1.165) is 36.1 Å². The number of rotatable bonds is 7. The number of ether oxygens (including phenoxy) is 1. The van der Waals surface area contributed by atoms with Gasteiger partial charge in [-0.15, -0.1) is 11.3 Å². The molecule has 36 heavy (non-hydrogen) atoms. The molecule has 3 aromatic rings. The zero-order valence-electron chi connectivity index (χ0n) is 19.1. The van der Waals surface area contributed by atoms with E-state index in [1.54, 1.807) is 24.3 Å². The first kappa shape index (κ1) is 24.6. The molecule has 0 saturated heterocycles. The Morgan fingerprint density at radius 2 is 1.75 bits per heavy atom. The Morgan fingerprint density at radius 1 is 1.03 bits per heavy atom. The third-order valence-electron chi connectivity index (χ3n) is 5.56. The minimum atomic E-state index is -0.578. The predicted octanol–water partition coefficient (Wildman–Crippen LogP) is 5.20. The Kier molecular flexibility index (Phi) is 7.74. The van der Waals surface area contributed by atoms with Crippen LogP contribution >= 0.6 is 11.3 Å². The summed E-state index contributed by atoms with van der Waals surface area (Å²) in [7, 11) is 0. The van der Waals surface area contributed by atoms with Gasteiger partial charge in [-0.1, -0.05) is 12.1 Å². The van der Waals surface area contributed by atoms with Crippen LogP contribution in [0.4, 0.5) is 15.1 Å². The van der Waals surface area contributed by atoms with Gasteiger partial charge in [-0.3, -0.25) is 9.59 Å². The summed E-state index contributed by atoms with van der Waals surface area (Å²) in [5.74, 6) is -0.953. The molecule has 2 amide bonds. The molecule has 0 saturated carbocycles. The number of nitrogens with zero attached hydrogens (tertiary/aromatic N) is 2. The second kappa shape index (κ2) is 11.3. The van der Waals surface area contributed by atoms with Crippen LogP contribution in [-0.4, -0.2) is 18.4 Å². The second-order valence-electron chi connectivity index (χ2n) is 8.06. The van der Waals surface area contributed by atoms with Crippen LogP contribution in [0.1, 0.15) is 34.4 Å². The van der Waals surface area contributed by atoms with Crippen molar-refractivity contribution in [3.8, 4) is 17.9 Å². The van der Waals surface area contributed by atoms with Gasteiger partial charge < -0.3 is 15.4 Å². The molecule has 9 heteroatoms. The second-order valence-corrected chi connectivity index (χ2v) is 9.17. The van der Waals surface area contributed by atoms with Gasteiger partial charge in [0.05, 0.1) is 5.56 Å². The van der Waals surface area contributed by atoms with E-state index in [0.29, 0.717) is 27.6 Å². The van der Waals surface area contributed by atoms with Gasteiger partial charge in [0, 0.05) is 10.6 Å². The van der Waals surface area contributed by atoms with Crippen molar-refractivity contribution in [2.24, 2.45) is 0 Å². The highest BCUT2D eigenvalue weighted by Gasteiger charge is 2.22. The van der Waals surface area contributed by atoms with Crippen molar-refractivity contribution in [1.29, 1.82) is 10.5 Å². The standard InChI is InChI=1S/C27H21FN4O3S/c28-19-7-9-20(10-8-19)31-25(33)16-35-21-11-5-17(6-12-21)13-18(14-29)26(34)32-27-23(15-30)22-3-1-2-4-24(22)36-27/h5-13H,1-4,16H2,(H,31,33)(H,32,34)/b18-13+. The fourth-order valence-corrected chi connectivity index (χ4v) is 5.03. The van der Waals surface area contributed by atoms with Crippen LogP contribution in [0.5, 0.6) is 5.75 Å². The summed E-state index contributed by atoms with van der Waals surface area (Å²) in [6, 6.07) is 16.0. The molecule has 0 radical (unpaired) electrons. The van der Waals surface area contributed by atoms with Crippen molar-refractivity contribution in [2.45, 2.75) is 25.7 Å². The number of thiophene rings is 1. The quantitative estimate of drug-likeness (QED) is 0.342. The number of aryl methyl sites for hydroxylation is 1. The molecule has 1 heterocycles. The number of carbonyl (C=O) groups excluding carboxylic acids is 2. The number of amides is 2. The lowest BCUT2D eigenvalue weighted by molar-refractivity contribution is -0.118. The molecule has 1 aliphatic carbocycles. The van der Waals surface area contributed by atoms with Crippen LogP contribution in [0.2, 0.25) is 0 Å². The summed E-state index contributed by atoms with van der Waals surface area (Å²) in [5, 5.41) is 24.9. The normalized spacial score (nSPS) is 12.6. The van der Waals surface area contributed by atoms with Gasteiger partial charge in [-0.2, -0.15) is 10.5 Å². The minimum absolute atomic E-state index is 0.0994. The summed E-state index contributed by atoms with van der Waals surface area (Å²) < 4.78 is 18.4. The molecule has 2 aromatic carbocycles. The van der Waals surface area contributed by atoms with Crippen molar-refractivity contribution in [3.05, 3.63) is 81.5 Å². The third-order valence-corrected chi connectivity index (χ3v) is 6.77. The Hall–Kier alpha value is -4.47.